The number of anilines is 2. The Kier molecular flexibility index (Phi) is 2.88. The highest BCUT2D eigenvalue weighted by Crippen LogP contribution is 2.40. The summed E-state index contributed by atoms with van der Waals surface area (Å²) in [5, 5.41) is 6.46. The summed E-state index contributed by atoms with van der Waals surface area (Å²) in [5.41, 5.74) is 1.07. The molecule has 2 rings (SSSR count). The van der Waals surface area contributed by atoms with Crippen LogP contribution in [0.5, 0.6) is 0 Å². The summed E-state index contributed by atoms with van der Waals surface area (Å²) < 4.78 is 1.11. The van der Waals surface area contributed by atoms with Crippen molar-refractivity contribution in [2.75, 3.05) is 10.6 Å². The van der Waals surface area contributed by atoms with Crippen LogP contribution < -0.4 is 10.6 Å². The molecule has 0 atom stereocenters. The van der Waals surface area contributed by atoms with Gasteiger partial charge in [0.25, 0.3) is 0 Å². The highest BCUT2D eigenvalue weighted by Gasteiger charge is 2.45. The average molecular weight is 344 g/mol. The molecule has 0 radical (unpaired) electrons. The second kappa shape index (κ2) is 3.86. The van der Waals surface area contributed by atoms with Gasteiger partial charge < -0.3 is 10.6 Å². The second-order valence-electron chi connectivity index (χ2n) is 5.52. The van der Waals surface area contributed by atoms with E-state index in [1.807, 2.05) is 32.0 Å². The maximum Gasteiger partial charge on any atom is 0.232 e. The Balaban J connectivity index is 2.55. The Labute approximate surface area is 116 Å². The zero-order valence-corrected chi connectivity index (χ0v) is 12.7. The zero-order valence-electron chi connectivity index (χ0n) is 10.5. The van der Waals surface area contributed by atoms with E-state index >= 15 is 0 Å². The summed E-state index contributed by atoms with van der Waals surface area (Å²) in [6, 6.07) is 6.03. The van der Waals surface area contributed by atoms with Gasteiger partial charge in [-0.1, -0.05) is 0 Å². The number of amides is 1. The predicted octanol–water partition coefficient (Wildman–Crippen LogP) is 3.46. The van der Waals surface area contributed by atoms with Gasteiger partial charge in [-0.2, -0.15) is 0 Å². The van der Waals surface area contributed by atoms with Crippen molar-refractivity contribution in [3.05, 3.63) is 21.8 Å². The molecule has 0 unspecified atom stereocenters. The van der Waals surface area contributed by atoms with Crippen LogP contribution in [0.1, 0.15) is 27.7 Å². The molecule has 17 heavy (non-hydrogen) atoms. The lowest BCUT2D eigenvalue weighted by Crippen LogP contribution is -2.50. The molecule has 1 aliphatic rings. The Morgan fingerprint density at radius 1 is 1.12 bits per heavy atom. The van der Waals surface area contributed by atoms with Crippen molar-refractivity contribution in [1.29, 1.82) is 0 Å². The number of nitrogens with one attached hydrogen (secondary N) is 2. The maximum atomic E-state index is 12.3. The molecule has 0 saturated heterocycles. The number of carbonyl (C=O) groups excluding carboxylic acids is 1. The molecule has 1 heterocycles. The average Bonchev–Trinajstić information content (AvgIpc) is 2.26. The predicted molar refractivity (Wildman–Crippen MR) is 79.3 cm³/mol. The molecule has 1 aromatic carbocycles. The number of halogens is 1. The summed E-state index contributed by atoms with van der Waals surface area (Å²) in [6.45, 7) is 8.04. The zero-order chi connectivity index (χ0) is 12.8. The summed E-state index contributed by atoms with van der Waals surface area (Å²) in [4.78, 5) is 12.3. The smallest absolute Gasteiger partial charge is 0.232 e. The second-order valence-corrected chi connectivity index (χ2v) is 6.76. The van der Waals surface area contributed by atoms with Gasteiger partial charge in [0.15, 0.2) is 0 Å². The monoisotopic (exact) mass is 344 g/mol. The number of fused-ring (bicyclic) bond motifs is 1. The van der Waals surface area contributed by atoms with Crippen molar-refractivity contribution >= 4 is 39.9 Å². The van der Waals surface area contributed by atoms with Crippen LogP contribution in [-0.4, -0.2) is 11.4 Å². The fraction of sp³-hybridized carbons (Fsp3) is 0.462. The van der Waals surface area contributed by atoms with Crippen LogP contribution in [0.3, 0.4) is 0 Å². The molecule has 92 valence electrons. The van der Waals surface area contributed by atoms with E-state index in [0.717, 1.165) is 14.9 Å². The minimum atomic E-state index is -0.475. The van der Waals surface area contributed by atoms with E-state index in [-0.39, 0.29) is 11.4 Å². The third kappa shape index (κ3) is 2.03. The molecule has 2 N–H and O–H groups in total. The first-order valence-electron chi connectivity index (χ1n) is 5.63. The summed E-state index contributed by atoms with van der Waals surface area (Å²) in [7, 11) is 0. The van der Waals surface area contributed by atoms with Gasteiger partial charge in [0.05, 0.1) is 16.8 Å². The quantitative estimate of drug-likeness (QED) is 0.708. The molecule has 1 aromatic rings. The van der Waals surface area contributed by atoms with Gasteiger partial charge in [-0.15, -0.1) is 0 Å². The topological polar surface area (TPSA) is 41.1 Å². The lowest BCUT2D eigenvalue weighted by molar-refractivity contribution is -0.126. The standard InChI is InChI=1S/C13H17IN2O/c1-12(2)11(17)15-10-7-8(14)5-6-9(10)16-13(12,3)4/h5-7,16H,1-4H3,(H,15,17). The Hall–Kier alpha value is -0.780. The van der Waals surface area contributed by atoms with Gasteiger partial charge in [-0.3, -0.25) is 4.79 Å². The van der Waals surface area contributed by atoms with Crippen molar-refractivity contribution in [2.24, 2.45) is 5.41 Å². The molecule has 1 amide bonds. The molecule has 3 nitrogen and oxygen atoms in total. The summed E-state index contributed by atoms with van der Waals surface area (Å²) in [5.74, 6) is 0.0516. The Bertz CT molecular complexity index is 480. The first kappa shape index (κ1) is 12.7. The van der Waals surface area contributed by atoms with E-state index in [1.54, 1.807) is 0 Å². The molecular formula is C13H17IN2O. The molecule has 0 aromatic heterocycles. The number of benzene rings is 1. The lowest BCUT2D eigenvalue weighted by atomic mass is 9.74. The van der Waals surface area contributed by atoms with Gasteiger partial charge in [-0.25, -0.2) is 0 Å². The van der Waals surface area contributed by atoms with Crippen molar-refractivity contribution in [3.8, 4) is 0 Å². The number of rotatable bonds is 0. The van der Waals surface area contributed by atoms with Gasteiger partial charge in [0.1, 0.15) is 0 Å². The van der Waals surface area contributed by atoms with E-state index in [1.165, 1.54) is 0 Å². The van der Waals surface area contributed by atoms with E-state index in [0.29, 0.717) is 0 Å². The number of hydrogen-bond acceptors (Lipinski definition) is 2. The van der Waals surface area contributed by atoms with Crippen LogP contribution in [0.4, 0.5) is 11.4 Å². The van der Waals surface area contributed by atoms with Crippen LogP contribution >= 0.6 is 22.6 Å². The van der Waals surface area contributed by atoms with Crippen LogP contribution in [0.25, 0.3) is 0 Å². The van der Waals surface area contributed by atoms with E-state index in [9.17, 15) is 4.79 Å². The van der Waals surface area contributed by atoms with Crippen molar-refractivity contribution in [2.45, 2.75) is 33.2 Å². The van der Waals surface area contributed by atoms with Gasteiger partial charge in [-0.05, 0) is 68.5 Å². The maximum absolute atomic E-state index is 12.3. The SMILES string of the molecule is CC1(C)Nc2ccc(I)cc2NC(=O)C1(C)C. The summed E-state index contributed by atoms with van der Waals surface area (Å²) in [6.07, 6.45) is 0. The Morgan fingerprint density at radius 2 is 1.76 bits per heavy atom. The number of hydrogen-bond donors (Lipinski definition) is 2. The first-order chi connectivity index (χ1) is 7.74. The van der Waals surface area contributed by atoms with E-state index in [2.05, 4.69) is 47.1 Å². The fourth-order valence-electron chi connectivity index (χ4n) is 1.78. The lowest BCUT2D eigenvalue weighted by Gasteiger charge is -2.39. The molecule has 0 fully saturated rings. The van der Waals surface area contributed by atoms with Crippen molar-refractivity contribution in [3.63, 3.8) is 0 Å². The third-order valence-corrected chi connectivity index (χ3v) is 4.48. The van der Waals surface area contributed by atoms with Crippen molar-refractivity contribution in [1.82, 2.24) is 0 Å². The van der Waals surface area contributed by atoms with E-state index in [4.69, 9.17) is 0 Å². The molecule has 0 bridgehead atoms. The molecule has 0 aliphatic carbocycles. The normalized spacial score (nSPS) is 20.9. The number of carbonyl (C=O) groups is 1. The molecule has 1 aliphatic heterocycles. The fourth-order valence-corrected chi connectivity index (χ4v) is 2.28. The van der Waals surface area contributed by atoms with Crippen molar-refractivity contribution < 1.29 is 4.79 Å². The largest absolute Gasteiger partial charge is 0.377 e. The summed E-state index contributed by atoms with van der Waals surface area (Å²) >= 11 is 2.24. The highest BCUT2D eigenvalue weighted by atomic mass is 127. The highest BCUT2D eigenvalue weighted by molar-refractivity contribution is 14.1. The van der Waals surface area contributed by atoms with Crippen LogP contribution in [0, 0.1) is 8.99 Å². The van der Waals surface area contributed by atoms with Gasteiger partial charge in [0.2, 0.25) is 5.91 Å². The molecule has 4 heteroatoms. The van der Waals surface area contributed by atoms with E-state index < -0.39 is 5.41 Å². The first-order valence-corrected chi connectivity index (χ1v) is 6.71. The third-order valence-electron chi connectivity index (χ3n) is 3.81. The molecular weight excluding hydrogens is 327 g/mol. The van der Waals surface area contributed by atoms with Crippen LogP contribution in [-0.2, 0) is 4.79 Å². The minimum Gasteiger partial charge on any atom is -0.377 e. The van der Waals surface area contributed by atoms with Crippen LogP contribution in [0.15, 0.2) is 18.2 Å². The van der Waals surface area contributed by atoms with Gasteiger partial charge in [0, 0.05) is 9.11 Å². The van der Waals surface area contributed by atoms with Crippen LogP contribution in [0.2, 0.25) is 0 Å². The molecule has 0 saturated carbocycles. The Morgan fingerprint density at radius 3 is 2.41 bits per heavy atom. The van der Waals surface area contributed by atoms with Gasteiger partial charge >= 0.3 is 0 Å². The minimum absolute atomic E-state index is 0.0516. The molecule has 0 spiro atoms.